The zero-order valence-electron chi connectivity index (χ0n) is 45.1. The third-order valence-corrected chi connectivity index (χ3v) is 17.2. The van der Waals surface area contributed by atoms with E-state index in [2.05, 4.69) is 5.32 Å². The second-order valence-corrected chi connectivity index (χ2v) is 25.5. The van der Waals surface area contributed by atoms with Crippen LogP contribution in [-0.4, -0.2) is 117 Å². The normalized spacial score (nSPS) is 18.0. The molecule has 79 heavy (non-hydrogen) atoms. The van der Waals surface area contributed by atoms with Crippen LogP contribution in [0.5, 0.6) is 5.75 Å². The van der Waals surface area contributed by atoms with Gasteiger partial charge in [0, 0.05) is 84.9 Å². The van der Waals surface area contributed by atoms with Crippen molar-refractivity contribution in [3.8, 4) is 5.75 Å². The Hall–Kier alpha value is -3.12. The van der Waals surface area contributed by atoms with Gasteiger partial charge in [-0.1, -0.05) is 19.9 Å². The third kappa shape index (κ3) is 16.8. The summed E-state index contributed by atoms with van der Waals surface area (Å²) < 4.78 is 152. The molecule has 0 unspecified atom stereocenters. The van der Waals surface area contributed by atoms with Crippen molar-refractivity contribution in [1.82, 2.24) is 10.2 Å². The molecule has 20 nitrogen and oxygen atoms in total. The number of unbranched alkanes of at least 4 members (excludes halogenated alkanes) is 3. The molecule has 3 aliphatic heterocycles. The molecule has 0 radical (unpaired) electrons. The molecule has 7 rings (SSSR count). The summed E-state index contributed by atoms with van der Waals surface area (Å²) in [7, 11) is -19.0. The SMILES string of the molecule is CC1(C)C(/C=C/C2=C(Oc3ccc(S(=O)(=O)[O-])cc3)C(=C/C=C3/N(CCCCS(=O)(=O)[O-])c4ccc(S(=O)(=O)[O-])cc4C3(C)C)/CCC2)=[N+](CCCCCC(=O)NCCN2C(=O)C=CC2=O)c2ccc(S(=O)(=O)[O-])cc21.[Na+].[Na+].[Na+]. The van der Waals surface area contributed by atoms with E-state index in [1.54, 1.807) is 6.07 Å². The summed E-state index contributed by atoms with van der Waals surface area (Å²) >= 11 is 0. The number of carbonyl (C=O) groups excluding carboxylic acids is 3. The number of hydrogen-bond donors (Lipinski definition) is 1. The van der Waals surface area contributed by atoms with Gasteiger partial charge in [-0.05, 0) is 142 Å². The van der Waals surface area contributed by atoms with Crippen LogP contribution in [0.4, 0.5) is 11.4 Å². The molecule has 0 bridgehead atoms. The molecule has 3 amide bonds. The van der Waals surface area contributed by atoms with Crippen LogP contribution in [0.25, 0.3) is 0 Å². The van der Waals surface area contributed by atoms with E-state index in [1.807, 2.05) is 61.5 Å². The first kappa shape index (κ1) is 68.4. The van der Waals surface area contributed by atoms with Crippen molar-refractivity contribution in [1.29, 1.82) is 0 Å². The summed E-state index contributed by atoms with van der Waals surface area (Å²) in [6.45, 7) is 8.28. The Bertz CT molecular complexity index is 3500. The van der Waals surface area contributed by atoms with Crippen molar-refractivity contribution < 1.29 is 164 Å². The standard InChI is InChI=1S/C52H60N4O16S4.3Na/c1-51(2)41-33-39(75(66,67)68)20-22-43(41)54(29-7-5-6-13-47(57)53-28-31-56-48(58)26-27-49(56)59)45(51)24-14-35-11-10-12-36(50(35)72-37-16-18-38(19-17-37)74(63,64)65)15-25-46-52(3,4)42-34-40(76(69,70)71)21-23-44(42)55(46)30-8-9-32-73(60,61)62;;;/h14-27,33-34H,5-13,28-32H2,1-4H3,(H4-,53,57,60,61,62,63,64,65,66,67,68,69,70,71);;;/q;3*+1/p-3. The van der Waals surface area contributed by atoms with E-state index in [-0.39, 0.29) is 139 Å². The number of nitrogens with one attached hydrogen (secondary N) is 1. The quantitative estimate of drug-likeness (QED) is 0.0334. The summed E-state index contributed by atoms with van der Waals surface area (Å²) in [5.41, 5.74) is 3.31. The minimum Gasteiger partial charge on any atom is -0.748 e. The molecule has 0 spiro atoms. The van der Waals surface area contributed by atoms with Crippen molar-refractivity contribution in [2.45, 2.75) is 111 Å². The zero-order valence-corrected chi connectivity index (χ0v) is 54.4. The first-order valence-corrected chi connectivity index (χ1v) is 30.2. The molecular weight excluding hydrogens is 1130 g/mol. The van der Waals surface area contributed by atoms with Gasteiger partial charge in [0.05, 0.1) is 30.2 Å². The van der Waals surface area contributed by atoms with Gasteiger partial charge in [-0.3, -0.25) is 19.3 Å². The van der Waals surface area contributed by atoms with Gasteiger partial charge in [-0.2, -0.15) is 4.58 Å². The maximum Gasteiger partial charge on any atom is 1.00 e. The Balaban J connectivity index is 0.00000448. The summed E-state index contributed by atoms with van der Waals surface area (Å²) in [6.07, 6.45) is 13.5. The van der Waals surface area contributed by atoms with Gasteiger partial charge in [-0.25, -0.2) is 33.7 Å². The van der Waals surface area contributed by atoms with Crippen molar-refractivity contribution in [2.75, 3.05) is 36.8 Å². The van der Waals surface area contributed by atoms with E-state index in [4.69, 9.17) is 4.74 Å². The van der Waals surface area contributed by atoms with Crippen molar-refractivity contribution >= 4 is 75.3 Å². The second kappa shape index (κ2) is 27.5. The molecule has 1 N–H and O–H groups in total. The number of carbonyl (C=O) groups is 3. The van der Waals surface area contributed by atoms with E-state index < -0.39 is 83.6 Å². The van der Waals surface area contributed by atoms with Crippen LogP contribution in [0.3, 0.4) is 0 Å². The molecule has 0 saturated carbocycles. The number of fused-ring (bicyclic) bond motifs is 2. The largest absolute Gasteiger partial charge is 1.00 e. The van der Waals surface area contributed by atoms with Gasteiger partial charge in [-0.15, -0.1) is 0 Å². The Kier molecular flexibility index (Phi) is 23.8. The van der Waals surface area contributed by atoms with Crippen LogP contribution >= 0.6 is 0 Å². The van der Waals surface area contributed by atoms with Crippen LogP contribution in [0.15, 0.2) is 134 Å². The van der Waals surface area contributed by atoms with Gasteiger partial charge in [0.1, 0.15) is 48.4 Å². The fourth-order valence-corrected chi connectivity index (χ4v) is 12.0. The summed E-state index contributed by atoms with van der Waals surface area (Å²) in [6, 6.07) is 13.2. The van der Waals surface area contributed by atoms with Crippen LogP contribution in [0.2, 0.25) is 0 Å². The summed E-state index contributed by atoms with van der Waals surface area (Å²) in [5, 5.41) is 2.73. The minimum atomic E-state index is -4.85. The number of anilines is 1. The molecule has 0 fully saturated rings. The average molecular weight is 1190 g/mol. The van der Waals surface area contributed by atoms with E-state index in [1.165, 1.54) is 54.6 Å². The summed E-state index contributed by atoms with van der Waals surface area (Å²) in [4.78, 5) is 38.0. The smallest absolute Gasteiger partial charge is 0.748 e. The number of rotatable bonds is 22. The van der Waals surface area contributed by atoms with E-state index in [0.717, 1.165) is 22.7 Å². The number of hydrogen-bond acceptors (Lipinski definition) is 17. The fourth-order valence-electron chi connectivity index (χ4n) is 9.93. The van der Waals surface area contributed by atoms with Crippen molar-refractivity contribution in [3.63, 3.8) is 0 Å². The number of benzene rings is 3. The van der Waals surface area contributed by atoms with Crippen LogP contribution in [-0.2, 0) is 65.7 Å². The first-order valence-electron chi connectivity index (χ1n) is 24.4. The predicted octanol–water partition coefficient (Wildman–Crippen LogP) is -3.60. The fraction of sp³-hybridized carbons (Fsp3) is 0.385. The van der Waals surface area contributed by atoms with E-state index in [9.17, 15) is 66.3 Å². The molecular formula is C52H57N4Na3O16S4. The number of ether oxygens (including phenoxy) is 1. The molecule has 3 aromatic carbocycles. The van der Waals surface area contributed by atoms with Gasteiger partial charge in [0.15, 0.2) is 5.71 Å². The van der Waals surface area contributed by atoms with Gasteiger partial charge in [0.2, 0.25) is 11.6 Å². The number of amides is 3. The van der Waals surface area contributed by atoms with Gasteiger partial charge in [0.25, 0.3) is 11.8 Å². The Morgan fingerprint density at radius 2 is 1.27 bits per heavy atom. The maximum atomic E-state index is 12.7. The molecule has 0 atom stereocenters. The first-order chi connectivity index (χ1) is 35.5. The van der Waals surface area contributed by atoms with E-state index in [0.29, 0.717) is 90.2 Å². The average Bonchev–Trinajstić information content (AvgIpc) is 3.90. The molecule has 0 saturated heterocycles. The molecule has 1 aliphatic carbocycles. The number of imide groups is 1. The molecule has 3 aromatic rings. The second-order valence-electron chi connectivity index (χ2n) is 19.8. The minimum absolute atomic E-state index is 0. The maximum absolute atomic E-state index is 12.7. The Morgan fingerprint density at radius 1 is 0.671 bits per heavy atom. The van der Waals surface area contributed by atoms with Crippen molar-refractivity contribution in [3.05, 3.63) is 131 Å². The Morgan fingerprint density at radius 3 is 1.87 bits per heavy atom. The van der Waals surface area contributed by atoms with Crippen LogP contribution in [0, 0.1) is 0 Å². The monoisotopic (exact) mass is 1190 g/mol. The summed E-state index contributed by atoms with van der Waals surface area (Å²) in [5.74, 6) is -1.14. The predicted molar refractivity (Wildman–Crippen MR) is 274 cm³/mol. The molecule has 4 aliphatic rings. The number of nitrogens with zero attached hydrogens (tertiary/aromatic N) is 3. The van der Waals surface area contributed by atoms with Crippen molar-refractivity contribution in [2.24, 2.45) is 0 Å². The molecule has 3 heterocycles. The number of allylic oxidation sites excluding steroid dienone is 7. The topological polar surface area (TPSA) is 311 Å². The van der Waals surface area contributed by atoms with E-state index >= 15 is 0 Å². The Labute approximate surface area is 528 Å². The van der Waals surface area contributed by atoms with Gasteiger partial charge >= 0.3 is 88.7 Å². The van der Waals surface area contributed by atoms with Gasteiger partial charge < -0.3 is 33.2 Å². The molecule has 408 valence electrons. The zero-order chi connectivity index (χ0) is 55.6. The molecule has 0 aromatic heterocycles. The van der Waals surface area contributed by atoms with Crippen LogP contribution in [0.1, 0.15) is 96.6 Å². The van der Waals surface area contributed by atoms with Crippen LogP contribution < -0.4 is 104 Å². The molecule has 27 heteroatoms. The third-order valence-electron chi connectivity index (χ3n) is 13.9.